The standard InChI is InChI=1S/C16H30N2O/c1-12-4-6-16(10-17,7-5-12)11-18-8-13-2-3-15(19)14(13)9-18/h12-15,19H,2-11,17H2,1H3. The lowest BCUT2D eigenvalue weighted by Crippen LogP contribution is -2.44. The number of rotatable bonds is 3. The zero-order valence-corrected chi connectivity index (χ0v) is 12.4. The zero-order chi connectivity index (χ0) is 13.5. The average Bonchev–Trinajstić information content (AvgIpc) is 2.95. The smallest absolute Gasteiger partial charge is 0.0583 e. The fraction of sp³-hybridized carbons (Fsp3) is 1.00. The number of nitrogens with two attached hydrogens (primary N) is 1. The molecule has 0 spiro atoms. The Bertz CT molecular complexity index is 312. The molecule has 0 aromatic carbocycles. The molecule has 2 aliphatic carbocycles. The summed E-state index contributed by atoms with van der Waals surface area (Å²) in [7, 11) is 0. The maximum Gasteiger partial charge on any atom is 0.0583 e. The summed E-state index contributed by atoms with van der Waals surface area (Å²) in [5, 5.41) is 10.0. The number of likely N-dealkylation sites (tertiary alicyclic amines) is 1. The minimum absolute atomic E-state index is 0.0322. The molecule has 0 amide bonds. The lowest BCUT2D eigenvalue weighted by atomic mass is 9.70. The second kappa shape index (κ2) is 5.34. The molecule has 0 aromatic heterocycles. The lowest BCUT2D eigenvalue weighted by Gasteiger charge is -2.41. The third kappa shape index (κ3) is 2.70. The predicted molar refractivity (Wildman–Crippen MR) is 77.8 cm³/mol. The highest BCUT2D eigenvalue weighted by Crippen LogP contribution is 2.43. The van der Waals surface area contributed by atoms with E-state index in [9.17, 15) is 5.11 Å². The molecule has 3 nitrogen and oxygen atoms in total. The molecular weight excluding hydrogens is 236 g/mol. The van der Waals surface area contributed by atoms with Crippen LogP contribution < -0.4 is 5.73 Å². The van der Waals surface area contributed by atoms with Gasteiger partial charge in [-0.1, -0.05) is 19.8 Å². The molecule has 0 aromatic rings. The van der Waals surface area contributed by atoms with Crippen LogP contribution in [0.15, 0.2) is 0 Å². The van der Waals surface area contributed by atoms with Crippen molar-refractivity contribution in [2.45, 2.75) is 51.6 Å². The van der Waals surface area contributed by atoms with Gasteiger partial charge in [-0.3, -0.25) is 0 Å². The normalized spacial score (nSPS) is 47.5. The van der Waals surface area contributed by atoms with Gasteiger partial charge in [0.25, 0.3) is 0 Å². The van der Waals surface area contributed by atoms with E-state index >= 15 is 0 Å². The minimum atomic E-state index is -0.0322. The minimum Gasteiger partial charge on any atom is -0.393 e. The van der Waals surface area contributed by atoms with Crippen LogP contribution in [-0.4, -0.2) is 42.3 Å². The molecule has 3 heteroatoms. The van der Waals surface area contributed by atoms with Gasteiger partial charge >= 0.3 is 0 Å². The molecule has 3 atom stereocenters. The molecular formula is C16H30N2O. The average molecular weight is 266 g/mol. The van der Waals surface area contributed by atoms with Crippen molar-refractivity contribution in [3.05, 3.63) is 0 Å². The first kappa shape index (κ1) is 13.8. The van der Waals surface area contributed by atoms with Crippen molar-refractivity contribution < 1.29 is 5.11 Å². The topological polar surface area (TPSA) is 49.5 Å². The third-order valence-electron chi connectivity index (χ3n) is 6.22. The van der Waals surface area contributed by atoms with E-state index in [1.165, 1.54) is 45.2 Å². The Morgan fingerprint density at radius 2 is 1.89 bits per heavy atom. The predicted octanol–water partition coefficient (Wildman–Crippen LogP) is 1.84. The molecule has 1 aliphatic heterocycles. The molecule has 3 rings (SSSR count). The van der Waals surface area contributed by atoms with E-state index in [0.29, 0.717) is 11.3 Å². The van der Waals surface area contributed by atoms with E-state index in [4.69, 9.17) is 5.73 Å². The van der Waals surface area contributed by atoms with Crippen molar-refractivity contribution in [3.63, 3.8) is 0 Å². The van der Waals surface area contributed by atoms with Gasteiger partial charge in [-0.05, 0) is 49.5 Å². The van der Waals surface area contributed by atoms with E-state index in [-0.39, 0.29) is 6.10 Å². The summed E-state index contributed by atoms with van der Waals surface area (Å²) in [5.41, 5.74) is 6.50. The van der Waals surface area contributed by atoms with Crippen molar-refractivity contribution in [2.24, 2.45) is 28.9 Å². The monoisotopic (exact) mass is 266 g/mol. The molecule has 3 unspecified atom stereocenters. The van der Waals surface area contributed by atoms with Gasteiger partial charge in [0.05, 0.1) is 6.10 Å². The molecule has 1 heterocycles. The van der Waals surface area contributed by atoms with Crippen molar-refractivity contribution in [3.8, 4) is 0 Å². The van der Waals surface area contributed by atoms with Crippen LogP contribution in [-0.2, 0) is 0 Å². The fourth-order valence-corrected chi connectivity index (χ4v) is 4.73. The summed E-state index contributed by atoms with van der Waals surface area (Å²) in [5.74, 6) is 2.20. The van der Waals surface area contributed by atoms with Gasteiger partial charge in [0.2, 0.25) is 0 Å². The van der Waals surface area contributed by atoms with Gasteiger partial charge < -0.3 is 15.7 Å². The summed E-state index contributed by atoms with van der Waals surface area (Å²) in [4.78, 5) is 2.61. The number of nitrogens with zero attached hydrogens (tertiary/aromatic N) is 1. The van der Waals surface area contributed by atoms with E-state index in [0.717, 1.165) is 31.3 Å². The second-order valence-electron chi connectivity index (χ2n) is 7.65. The molecule has 110 valence electrons. The molecule has 0 radical (unpaired) electrons. The number of aliphatic hydroxyl groups excluding tert-OH is 1. The highest BCUT2D eigenvalue weighted by Gasteiger charge is 2.44. The van der Waals surface area contributed by atoms with Crippen molar-refractivity contribution in [1.82, 2.24) is 4.90 Å². The quantitative estimate of drug-likeness (QED) is 0.819. The van der Waals surface area contributed by atoms with Gasteiger partial charge in [0, 0.05) is 25.6 Å². The van der Waals surface area contributed by atoms with E-state index in [2.05, 4.69) is 11.8 Å². The van der Waals surface area contributed by atoms with Gasteiger partial charge in [0.1, 0.15) is 0 Å². The molecule has 19 heavy (non-hydrogen) atoms. The van der Waals surface area contributed by atoms with Crippen LogP contribution in [0.3, 0.4) is 0 Å². The summed E-state index contributed by atoms with van der Waals surface area (Å²) in [6, 6.07) is 0. The lowest BCUT2D eigenvalue weighted by molar-refractivity contribution is 0.0890. The Hall–Kier alpha value is -0.120. The maximum absolute atomic E-state index is 10.0. The van der Waals surface area contributed by atoms with Crippen LogP contribution in [0.5, 0.6) is 0 Å². The van der Waals surface area contributed by atoms with Gasteiger partial charge in [-0.2, -0.15) is 0 Å². The number of hydrogen-bond acceptors (Lipinski definition) is 3. The molecule has 3 N–H and O–H groups in total. The van der Waals surface area contributed by atoms with E-state index < -0.39 is 0 Å². The van der Waals surface area contributed by atoms with Crippen LogP contribution in [0.2, 0.25) is 0 Å². The van der Waals surface area contributed by atoms with Crippen molar-refractivity contribution in [1.29, 1.82) is 0 Å². The van der Waals surface area contributed by atoms with Crippen LogP contribution in [0.4, 0.5) is 0 Å². The third-order valence-corrected chi connectivity index (χ3v) is 6.22. The zero-order valence-electron chi connectivity index (χ0n) is 12.4. The highest BCUT2D eigenvalue weighted by molar-refractivity contribution is 4.97. The first-order valence-electron chi connectivity index (χ1n) is 8.22. The summed E-state index contributed by atoms with van der Waals surface area (Å²) < 4.78 is 0. The number of hydrogen-bond donors (Lipinski definition) is 2. The highest BCUT2D eigenvalue weighted by atomic mass is 16.3. The Labute approximate surface area is 117 Å². The molecule has 3 aliphatic rings. The Morgan fingerprint density at radius 3 is 2.53 bits per heavy atom. The first-order chi connectivity index (χ1) is 9.12. The van der Waals surface area contributed by atoms with Gasteiger partial charge in [-0.15, -0.1) is 0 Å². The largest absolute Gasteiger partial charge is 0.393 e. The second-order valence-corrected chi connectivity index (χ2v) is 7.65. The molecule has 0 bridgehead atoms. The Morgan fingerprint density at radius 1 is 1.16 bits per heavy atom. The Kier molecular flexibility index (Phi) is 3.89. The van der Waals surface area contributed by atoms with Crippen LogP contribution in [0, 0.1) is 23.2 Å². The molecule has 2 saturated carbocycles. The van der Waals surface area contributed by atoms with E-state index in [1.54, 1.807) is 0 Å². The van der Waals surface area contributed by atoms with Crippen LogP contribution in [0.1, 0.15) is 45.4 Å². The summed E-state index contributed by atoms with van der Waals surface area (Å²) in [6.45, 7) is 6.71. The SMILES string of the molecule is CC1CCC(CN)(CN2CC3CCC(O)C3C2)CC1. The van der Waals surface area contributed by atoms with Gasteiger partial charge in [0.15, 0.2) is 0 Å². The summed E-state index contributed by atoms with van der Waals surface area (Å²) in [6.07, 6.45) is 7.53. The Balaban J connectivity index is 1.59. The van der Waals surface area contributed by atoms with Crippen LogP contribution in [0.25, 0.3) is 0 Å². The van der Waals surface area contributed by atoms with Crippen molar-refractivity contribution >= 4 is 0 Å². The van der Waals surface area contributed by atoms with E-state index in [1.807, 2.05) is 0 Å². The molecule has 3 fully saturated rings. The molecule has 1 saturated heterocycles. The number of fused-ring (bicyclic) bond motifs is 1. The van der Waals surface area contributed by atoms with Gasteiger partial charge in [-0.25, -0.2) is 0 Å². The first-order valence-corrected chi connectivity index (χ1v) is 8.22. The maximum atomic E-state index is 10.0. The number of aliphatic hydroxyl groups is 1. The van der Waals surface area contributed by atoms with Crippen LogP contribution >= 0.6 is 0 Å². The van der Waals surface area contributed by atoms with Crippen molar-refractivity contribution in [2.75, 3.05) is 26.2 Å². The summed E-state index contributed by atoms with van der Waals surface area (Å²) >= 11 is 0. The fourth-order valence-electron chi connectivity index (χ4n) is 4.73.